The van der Waals surface area contributed by atoms with Gasteiger partial charge in [-0.25, -0.2) is 0 Å². The van der Waals surface area contributed by atoms with Gasteiger partial charge in [-0.05, 0) is 31.0 Å². The maximum absolute atomic E-state index is 12.9. The van der Waals surface area contributed by atoms with Crippen LogP contribution in [0.5, 0.6) is 0 Å². The van der Waals surface area contributed by atoms with Gasteiger partial charge in [-0.2, -0.15) is 13.2 Å². The van der Waals surface area contributed by atoms with Crippen LogP contribution >= 0.6 is 24.0 Å². The van der Waals surface area contributed by atoms with Gasteiger partial charge in [0.2, 0.25) is 5.91 Å². The van der Waals surface area contributed by atoms with Crippen molar-refractivity contribution in [2.75, 3.05) is 25.0 Å². The van der Waals surface area contributed by atoms with E-state index in [4.69, 9.17) is 17.3 Å². The zero-order valence-corrected chi connectivity index (χ0v) is 13.8. The van der Waals surface area contributed by atoms with Crippen molar-refractivity contribution < 1.29 is 18.0 Å². The highest BCUT2D eigenvalue weighted by atomic mass is 35.5. The van der Waals surface area contributed by atoms with E-state index in [0.29, 0.717) is 13.1 Å². The number of benzene rings is 1. The Labute approximate surface area is 143 Å². The van der Waals surface area contributed by atoms with E-state index in [-0.39, 0.29) is 35.7 Å². The highest BCUT2D eigenvalue weighted by molar-refractivity contribution is 6.30. The molecule has 0 unspecified atom stereocenters. The molecule has 1 fully saturated rings. The number of anilines is 1. The van der Waals surface area contributed by atoms with E-state index < -0.39 is 17.6 Å². The molecule has 0 aliphatic carbocycles. The lowest BCUT2D eigenvalue weighted by Gasteiger charge is -2.29. The molecule has 0 bridgehead atoms. The van der Waals surface area contributed by atoms with E-state index in [1.165, 1.54) is 6.07 Å². The number of nitrogens with one attached hydrogen (secondary N) is 1. The maximum Gasteiger partial charge on any atom is 0.418 e. The van der Waals surface area contributed by atoms with Crippen molar-refractivity contribution in [3.05, 3.63) is 28.8 Å². The van der Waals surface area contributed by atoms with Crippen molar-refractivity contribution in [3.63, 3.8) is 0 Å². The number of hydrogen-bond donors (Lipinski definition) is 2. The quantitative estimate of drug-likeness (QED) is 0.857. The second-order valence-corrected chi connectivity index (χ2v) is 5.79. The number of nitrogens with zero attached hydrogens (tertiary/aromatic N) is 1. The molecule has 2 rings (SSSR count). The Morgan fingerprint density at radius 2 is 1.96 bits per heavy atom. The standard InChI is InChI=1S/C14H17ClF3N3O.ClH/c15-9-1-2-12(11(7-9)14(16,17)18)20-13(22)8-21-5-3-10(19)4-6-21;/h1-2,7,10H,3-6,8,19H2,(H,20,22);1H. The Morgan fingerprint density at radius 3 is 2.52 bits per heavy atom. The molecule has 1 aliphatic rings. The third-order valence-electron chi connectivity index (χ3n) is 3.56. The van der Waals surface area contributed by atoms with E-state index in [1.807, 2.05) is 4.90 Å². The van der Waals surface area contributed by atoms with E-state index in [1.54, 1.807) is 0 Å². The van der Waals surface area contributed by atoms with Crippen molar-refractivity contribution in [2.24, 2.45) is 5.73 Å². The first-order valence-electron chi connectivity index (χ1n) is 6.90. The number of halogens is 5. The summed E-state index contributed by atoms with van der Waals surface area (Å²) in [5.41, 5.74) is 4.54. The van der Waals surface area contributed by atoms with Crippen molar-refractivity contribution in [3.8, 4) is 0 Å². The number of rotatable bonds is 3. The molecule has 1 amide bonds. The Hall–Kier alpha value is -1.02. The lowest BCUT2D eigenvalue weighted by molar-refractivity contribution is -0.137. The summed E-state index contributed by atoms with van der Waals surface area (Å²) in [6.45, 7) is 1.38. The number of alkyl halides is 3. The summed E-state index contributed by atoms with van der Waals surface area (Å²) in [4.78, 5) is 13.8. The Balaban J connectivity index is 0.00000264. The minimum Gasteiger partial charge on any atom is -0.328 e. The minimum absolute atomic E-state index is 0. The monoisotopic (exact) mass is 371 g/mol. The molecule has 1 aromatic rings. The molecular weight excluding hydrogens is 354 g/mol. The molecule has 1 aromatic carbocycles. The second kappa shape index (κ2) is 8.19. The predicted molar refractivity (Wildman–Crippen MR) is 86.0 cm³/mol. The lowest BCUT2D eigenvalue weighted by Crippen LogP contribution is -2.43. The van der Waals surface area contributed by atoms with Gasteiger partial charge in [-0.1, -0.05) is 11.6 Å². The maximum atomic E-state index is 12.9. The van der Waals surface area contributed by atoms with Gasteiger partial charge in [-0.3, -0.25) is 9.69 Å². The van der Waals surface area contributed by atoms with E-state index in [0.717, 1.165) is 25.0 Å². The Morgan fingerprint density at radius 1 is 1.35 bits per heavy atom. The zero-order valence-electron chi connectivity index (χ0n) is 12.2. The third-order valence-corrected chi connectivity index (χ3v) is 3.80. The van der Waals surface area contributed by atoms with E-state index in [9.17, 15) is 18.0 Å². The topological polar surface area (TPSA) is 58.4 Å². The molecule has 3 N–H and O–H groups in total. The van der Waals surface area contributed by atoms with Crippen molar-refractivity contribution >= 4 is 35.6 Å². The first-order valence-corrected chi connectivity index (χ1v) is 7.28. The van der Waals surface area contributed by atoms with Crippen LogP contribution < -0.4 is 11.1 Å². The first-order chi connectivity index (χ1) is 10.3. The number of piperidine rings is 1. The van der Waals surface area contributed by atoms with Crippen LogP contribution in [0.4, 0.5) is 18.9 Å². The number of hydrogen-bond acceptors (Lipinski definition) is 3. The molecule has 0 saturated carbocycles. The summed E-state index contributed by atoms with van der Waals surface area (Å²) in [5.74, 6) is -0.483. The summed E-state index contributed by atoms with van der Waals surface area (Å²) < 4.78 is 38.8. The van der Waals surface area contributed by atoms with Crippen LogP contribution in [0.1, 0.15) is 18.4 Å². The highest BCUT2D eigenvalue weighted by Crippen LogP contribution is 2.36. The van der Waals surface area contributed by atoms with Gasteiger partial charge in [0, 0.05) is 24.2 Å². The largest absolute Gasteiger partial charge is 0.418 e. The average molecular weight is 372 g/mol. The molecule has 9 heteroatoms. The van der Waals surface area contributed by atoms with Crippen LogP contribution in [-0.2, 0) is 11.0 Å². The van der Waals surface area contributed by atoms with Crippen LogP contribution in [0.15, 0.2) is 18.2 Å². The van der Waals surface area contributed by atoms with Crippen molar-refractivity contribution in [1.82, 2.24) is 4.90 Å². The first kappa shape index (κ1) is 20.0. The van der Waals surface area contributed by atoms with Crippen molar-refractivity contribution in [2.45, 2.75) is 25.1 Å². The molecule has 23 heavy (non-hydrogen) atoms. The van der Waals surface area contributed by atoms with Gasteiger partial charge >= 0.3 is 6.18 Å². The lowest BCUT2D eigenvalue weighted by atomic mass is 10.1. The predicted octanol–water partition coefficient (Wildman–Crippen LogP) is 3.14. The van der Waals surface area contributed by atoms with Gasteiger partial charge in [0.15, 0.2) is 0 Å². The molecule has 0 radical (unpaired) electrons. The van der Waals surface area contributed by atoms with Crippen LogP contribution in [-0.4, -0.2) is 36.5 Å². The van der Waals surface area contributed by atoms with Crippen LogP contribution in [0.2, 0.25) is 5.02 Å². The van der Waals surface area contributed by atoms with E-state index in [2.05, 4.69) is 5.32 Å². The van der Waals surface area contributed by atoms with Gasteiger partial charge in [-0.15, -0.1) is 12.4 Å². The number of amides is 1. The highest BCUT2D eigenvalue weighted by Gasteiger charge is 2.34. The number of carbonyl (C=O) groups is 1. The number of likely N-dealkylation sites (tertiary alicyclic amines) is 1. The minimum atomic E-state index is -4.58. The second-order valence-electron chi connectivity index (χ2n) is 5.35. The van der Waals surface area contributed by atoms with E-state index >= 15 is 0 Å². The molecule has 1 saturated heterocycles. The molecule has 4 nitrogen and oxygen atoms in total. The smallest absolute Gasteiger partial charge is 0.328 e. The van der Waals surface area contributed by atoms with Gasteiger partial charge in [0.25, 0.3) is 0 Å². The molecule has 130 valence electrons. The summed E-state index contributed by atoms with van der Waals surface area (Å²) in [6.07, 6.45) is -3.02. The fraction of sp³-hybridized carbons (Fsp3) is 0.500. The molecule has 0 spiro atoms. The summed E-state index contributed by atoms with van der Waals surface area (Å²) >= 11 is 5.60. The third kappa shape index (κ3) is 5.84. The molecule has 1 aliphatic heterocycles. The van der Waals surface area contributed by atoms with Gasteiger partial charge in [0.1, 0.15) is 0 Å². The zero-order chi connectivity index (χ0) is 16.3. The van der Waals surface area contributed by atoms with Gasteiger partial charge < -0.3 is 11.1 Å². The van der Waals surface area contributed by atoms with Crippen LogP contribution in [0, 0.1) is 0 Å². The molecule has 0 atom stereocenters. The Bertz CT molecular complexity index is 547. The summed E-state index contributed by atoms with van der Waals surface area (Å²) in [5, 5.41) is 2.28. The van der Waals surface area contributed by atoms with Gasteiger partial charge in [0.05, 0.1) is 17.8 Å². The fourth-order valence-corrected chi connectivity index (χ4v) is 2.54. The van der Waals surface area contributed by atoms with Crippen molar-refractivity contribution in [1.29, 1.82) is 0 Å². The Kier molecular flexibility index (Phi) is 7.13. The normalized spacial score (nSPS) is 16.7. The van der Waals surface area contributed by atoms with Crippen LogP contribution in [0.25, 0.3) is 0 Å². The number of nitrogens with two attached hydrogens (primary N) is 1. The molecular formula is C14H18Cl2F3N3O. The molecule has 1 heterocycles. The summed E-state index contributed by atoms with van der Waals surface area (Å²) in [6, 6.07) is 3.41. The summed E-state index contributed by atoms with van der Waals surface area (Å²) in [7, 11) is 0. The fourth-order valence-electron chi connectivity index (χ4n) is 2.36. The number of carbonyl (C=O) groups excluding carboxylic acids is 1. The van der Waals surface area contributed by atoms with Crippen LogP contribution in [0.3, 0.4) is 0 Å². The average Bonchev–Trinajstić information content (AvgIpc) is 2.42. The molecule has 0 aromatic heterocycles. The SMILES string of the molecule is Cl.NC1CCN(CC(=O)Nc2ccc(Cl)cc2C(F)(F)F)CC1.